The Morgan fingerprint density at radius 1 is 1.21 bits per heavy atom. The van der Waals surface area contributed by atoms with Crippen molar-refractivity contribution in [2.24, 2.45) is 0 Å². The molecule has 0 unspecified atom stereocenters. The van der Waals surface area contributed by atoms with Gasteiger partial charge in [-0.05, 0) is 31.2 Å². The summed E-state index contributed by atoms with van der Waals surface area (Å²) >= 11 is 0. The molecule has 0 heterocycles. The number of hydrogen-bond donors (Lipinski definition) is 0. The summed E-state index contributed by atoms with van der Waals surface area (Å²) in [5.41, 5.74) is 1.12. The van der Waals surface area contributed by atoms with Crippen molar-refractivity contribution in [3.63, 3.8) is 0 Å². The molecule has 1 aromatic rings. The predicted octanol–water partition coefficient (Wildman–Crippen LogP) is 2.13. The van der Waals surface area contributed by atoms with Crippen molar-refractivity contribution in [3.8, 4) is 5.75 Å². The molecule has 14 heavy (non-hydrogen) atoms. The van der Waals surface area contributed by atoms with Gasteiger partial charge in [-0.2, -0.15) is 0 Å². The van der Waals surface area contributed by atoms with Gasteiger partial charge in [-0.15, -0.1) is 0 Å². The molecule has 78 valence electrons. The van der Waals surface area contributed by atoms with E-state index in [9.17, 15) is 0 Å². The van der Waals surface area contributed by atoms with E-state index in [1.54, 1.807) is 7.11 Å². The van der Waals surface area contributed by atoms with Gasteiger partial charge in [0, 0.05) is 19.8 Å². The summed E-state index contributed by atoms with van der Waals surface area (Å²) in [5, 5.41) is 0. The third-order valence-electron chi connectivity index (χ3n) is 1.91. The van der Waals surface area contributed by atoms with Crippen LogP contribution in [-0.2, 0) is 4.74 Å². The van der Waals surface area contributed by atoms with E-state index in [1.807, 2.05) is 43.1 Å². The Bertz CT molecular complexity index is 258. The van der Waals surface area contributed by atoms with E-state index in [0.29, 0.717) is 13.3 Å². The second-order valence-electron chi connectivity index (χ2n) is 3.04. The minimum Gasteiger partial charge on any atom is -0.494 e. The quantitative estimate of drug-likeness (QED) is 0.672. The molecule has 0 saturated carbocycles. The van der Waals surface area contributed by atoms with Crippen LogP contribution in [0, 0.1) is 0 Å². The van der Waals surface area contributed by atoms with E-state index >= 15 is 0 Å². The molecular formula is C11H17NO2. The highest BCUT2D eigenvalue weighted by Gasteiger charge is 1.99. The second-order valence-corrected chi connectivity index (χ2v) is 3.04. The molecule has 0 amide bonds. The van der Waals surface area contributed by atoms with Gasteiger partial charge in [-0.1, -0.05) is 0 Å². The van der Waals surface area contributed by atoms with Gasteiger partial charge in [0.25, 0.3) is 0 Å². The maximum atomic E-state index is 5.35. The molecule has 0 aliphatic carbocycles. The van der Waals surface area contributed by atoms with Gasteiger partial charge in [0.05, 0.1) is 6.61 Å². The topological polar surface area (TPSA) is 21.7 Å². The normalized spacial score (nSPS) is 9.93. The summed E-state index contributed by atoms with van der Waals surface area (Å²) in [6.45, 7) is 3.27. The number of rotatable bonds is 5. The largest absolute Gasteiger partial charge is 0.494 e. The van der Waals surface area contributed by atoms with E-state index < -0.39 is 0 Å². The van der Waals surface area contributed by atoms with Crippen molar-refractivity contribution in [2.45, 2.75) is 6.92 Å². The first-order chi connectivity index (χ1) is 6.77. The molecule has 0 saturated heterocycles. The SMILES string of the molecule is CCOc1ccc(N(C)COC)cc1. The number of hydrogen-bond acceptors (Lipinski definition) is 3. The molecule has 3 nitrogen and oxygen atoms in total. The van der Waals surface area contributed by atoms with Crippen molar-refractivity contribution in [1.82, 2.24) is 0 Å². The summed E-state index contributed by atoms with van der Waals surface area (Å²) in [4.78, 5) is 2.02. The third-order valence-corrected chi connectivity index (χ3v) is 1.91. The van der Waals surface area contributed by atoms with Crippen LogP contribution in [0.1, 0.15) is 6.92 Å². The summed E-state index contributed by atoms with van der Waals surface area (Å²) in [7, 11) is 3.67. The van der Waals surface area contributed by atoms with Crippen LogP contribution in [0.25, 0.3) is 0 Å². The molecule has 1 aromatic carbocycles. The third kappa shape index (κ3) is 2.92. The maximum Gasteiger partial charge on any atom is 0.119 e. The highest BCUT2D eigenvalue weighted by atomic mass is 16.5. The fraction of sp³-hybridized carbons (Fsp3) is 0.455. The molecule has 0 aliphatic rings. The lowest BCUT2D eigenvalue weighted by Crippen LogP contribution is -2.19. The number of methoxy groups -OCH3 is 1. The first kappa shape index (κ1) is 10.9. The van der Waals surface area contributed by atoms with Crippen molar-refractivity contribution in [1.29, 1.82) is 0 Å². The molecule has 0 aromatic heterocycles. The van der Waals surface area contributed by atoms with Gasteiger partial charge in [-0.3, -0.25) is 0 Å². The summed E-state index contributed by atoms with van der Waals surface area (Å²) < 4.78 is 10.4. The van der Waals surface area contributed by atoms with Gasteiger partial charge >= 0.3 is 0 Å². The van der Waals surface area contributed by atoms with E-state index in [0.717, 1.165) is 11.4 Å². The predicted molar refractivity (Wildman–Crippen MR) is 57.9 cm³/mol. The molecule has 0 radical (unpaired) electrons. The zero-order valence-electron chi connectivity index (χ0n) is 8.99. The first-order valence-electron chi connectivity index (χ1n) is 4.71. The average molecular weight is 195 g/mol. The molecular weight excluding hydrogens is 178 g/mol. The van der Waals surface area contributed by atoms with E-state index in [1.165, 1.54) is 0 Å². The zero-order valence-corrected chi connectivity index (χ0v) is 8.99. The van der Waals surface area contributed by atoms with Crippen molar-refractivity contribution in [2.75, 3.05) is 32.4 Å². The Balaban J connectivity index is 2.62. The molecule has 0 bridgehead atoms. The Hall–Kier alpha value is -1.22. The van der Waals surface area contributed by atoms with Crippen LogP contribution in [-0.4, -0.2) is 27.5 Å². The Labute approximate surface area is 85.2 Å². The molecule has 0 spiro atoms. The summed E-state index contributed by atoms with van der Waals surface area (Å²) in [5.74, 6) is 0.905. The summed E-state index contributed by atoms with van der Waals surface area (Å²) in [6.07, 6.45) is 0. The van der Waals surface area contributed by atoms with Crippen LogP contribution in [0.5, 0.6) is 5.75 Å². The fourth-order valence-electron chi connectivity index (χ4n) is 1.23. The highest BCUT2D eigenvalue weighted by molar-refractivity contribution is 5.47. The van der Waals surface area contributed by atoms with Gasteiger partial charge in [0.15, 0.2) is 0 Å². The molecule has 1 rings (SSSR count). The number of anilines is 1. The summed E-state index contributed by atoms with van der Waals surface area (Å²) in [6, 6.07) is 7.96. The Morgan fingerprint density at radius 3 is 2.36 bits per heavy atom. The monoisotopic (exact) mass is 195 g/mol. The highest BCUT2D eigenvalue weighted by Crippen LogP contribution is 2.18. The molecule has 0 atom stereocenters. The van der Waals surface area contributed by atoms with E-state index in [2.05, 4.69) is 0 Å². The smallest absolute Gasteiger partial charge is 0.119 e. The number of benzene rings is 1. The fourth-order valence-corrected chi connectivity index (χ4v) is 1.23. The van der Waals surface area contributed by atoms with E-state index in [-0.39, 0.29) is 0 Å². The van der Waals surface area contributed by atoms with Gasteiger partial charge < -0.3 is 14.4 Å². The standard InChI is InChI=1S/C11H17NO2/c1-4-14-11-7-5-10(6-8-11)12(2)9-13-3/h5-8H,4,9H2,1-3H3. The first-order valence-corrected chi connectivity index (χ1v) is 4.71. The van der Waals surface area contributed by atoms with Gasteiger partial charge in [-0.25, -0.2) is 0 Å². The van der Waals surface area contributed by atoms with Crippen molar-refractivity contribution >= 4 is 5.69 Å². The van der Waals surface area contributed by atoms with Crippen molar-refractivity contribution < 1.29 is 9.47 Å². The lowest BCUT2D eigenvalue weighted by Gasteiger charge is -2.18. The average Bonchev–Trinajstić information content (AvgIpc) is 2.20. The Morgan fingerprint density at radius 2 is 1.86 bits per heavy atom. The minimum absolute atomic E-state index is 0.591. The maximum absolute atomic E-state index is 5.35. The van der Waals surface area contributed by atoms with Crippen LogP contribution in [0.2, 0.25) is 0 Å². The zero-order chi connectivity index (χ0) is 10.4. The number of nitrogens with zero attached hydrogens (tertiary/aromatic N) is 1. The van der Waals surface area contributed by atoms with Crippen LogP contribution in [0.3, 0.4) is 0 Å². The van der Waals surface area contributed by atoms with E-state index in [4.69, 9.17) is 9.47 Å². The molecule has 0 aliphatic heterocycles. The van der Waals surface area contributed by atoms with Gasteiger partial charge in [0.2, 0.25) is 0 Å². The molecule has 0 N–H and O–H groups in total. The lowest BCUT2D eigenvalue weighted by atomic mass is 10.3. The van der Waals surface area contributed by atoms with Crippen LogP contribution >= 0.6 is 0 Å². The molecule has 0 fully saturated rings. The van der Waals surface area contributed by atoms with Crippen LogP contribution in [0.4, 0.5) is 5.69 Å². The van der Waals surface area contributed by atoms with Crippen LogP contribution in [0.15, 0.2) is 24.3 Å². The van der Waals surface area contributed by atoms with Crippen LogP contribution < -0.4 is 9.64 Å². The van der Waals surface area contributed by atoms with Gasteiger partial charge in [0.1, 0.15) is 12.5 Å². The lowest BCUT2D eigenvalue weighted by molar-refractivity contribution is 0.202. The Kier molecular flexibility index (Phi) is 4.26. The van der Waals surface area contributed by atoms with Crippen molar-refractivity contribution in [3.05, 3.63) is 24.3 Å². The minimum atomic E-state index is 0.591. The number of ether oxygens (including phenoxy) is 2. The molecule has 3 heteroatoms. The second kappa shape index (κ2) is 5.50.